The Kier molecular flexibility index (Phi) is 4.93. The first kappa shape index (κ1) is 15.2. The Labute approximate surface area is 115 Å². The third-order valence-corrected chi connectivity index (χ3v) is 3.32. The van der Waals surface area contributed by atoms with Crippen molar-refractivity contribution in [1.29, 1.82) is 0 Å². The molecule has 0 fully saturated rings. The summed E-state index contributed by atoms with van der Waals surface area (Å²) in [5, 5.41) is 3.22. The van der Waals surface area contributed by atoms with E-state index < -0.39 is 12.8 Å². The second kappa shape index (κ2) is 6.49. The van der Waals surface area contributed by atoms with Gasteiger partial charge in [-0.2, -0.15) is 13.2 Å². The lowest BCUT2D eigenvalue weighted by molar-refractivity contribution is -0.173. The average Bonchev–Trinajstić information content (AvgIpc) is 2.41. The average molecular weight is 289 g/mol. The van der Waals surface area contributed by atoms with Crippen molar-refractivity contribution in [1.82, 2.24) is 15.3 Å². The first-order valence-corrected chi connectivity index (χ1v) is 6.66. The van der Waals surface area contributed by atoms with Gasteiger partial charge in [0.2, 0.25) is 0 Å². The minimum Gasteiger partial charge on any atom is -0.372 e. The van der Waals surface area contributed by atoms with Crippen LogP contribution >= 0.6 is 0 Å². The summed E-state index contributed by atoms with van der Waals surface area (Å²) in [6.07, 6.45) is 0.804. The van der Waals surface area contributed by atoms with Gasteiger partial charge in [0.15, 0.2) is 0 Å². The normalized spacial score (nSPS) is 18.9. The van der Waals surface area contributed by atoms with Crippen molar-refractivity contribution >= 4 is 0 Å². The third-order valence-electron chi connectivity index (χ3n) is 3.32. The first-order chi connectivity index (χ1) is 9.49. The number of hydrogen-bond donors (Lipinski definition) is 1. The van der Waals surface area contributed by atoms with Gasteiger partial charge in [-0.15, -0.1) is 0 Å². The van der Waals surface area contributed by atoms with Crippen molar-refractivity contribution in [3.05, 3.63) is 23.3 Å². The van der Waals surface area contributed by atoms with Crippen molar-refractivity contribution in [2.24, 2.45) is 0 Å². The molecule has 1 aromatic rings. The van der Waals surface area contributed by atoms with Crippen LogP contribution < -0.4 is 5.32 Å². The molecule has 4 nitrogen and oxygen atoms in total. The molecule has 0 saturated heterocycles. The van der Waals surface area contributed by atoms with Crippen molar-refractivity contribution < 1.29 is 17.9 Å². The number of nitrogens with zero attached hydrogens (tertiary/aromatic N) is 2. The Morgan fingerprint density at radius 3 is 2.95 bits per heavy atom. The molecule has 7 heteroatoms. The van der Waals surface area contributed by atoms with Gasteiger partial charge in [0.25, 0.3) is 0 Å². The van der Waals surface area contributed by atoms with Crippen molar-refractivity contribution in [3.8, 4) is 0 Å². The van der Waals surface area contributed by atoms with E-state index >= 15 is 0 Å². The maximum atomic E-state index is 11.9. The fraction of sp³-hybridized carbons (Fsp3) is 0.692. The monoisotopic (exact) mass is 289 g/mol. The van der Waals surface area contributed by atoms with Crippen LogP contribution in [0.4, 0.5) is 13.2 Å². The van der Waals surface area contributed by atoms with Gasteiger partial charge in [0, 0.05) is 29.9 Å². The standard InChI is InChI=1S/C13H18F3N3O/c1-17-10-3-2-4-11-9(10)7-18-12(19-11)5-6-20-8-13(14,15)16/h7,10,17H,2-6,8H2,1H3. The molecule has 1 unspecified atom stereocenters. The zero-order valence-corrected chi connectivity index (χ0v) is 11.3. The van der Waals surface area contributed by atoms with E-state index in [0.29, 0.717) is 12.2 Å². The Morgan fingerprint density at radius 1 is 1.45 bits per heavy atom. The predicted molar refractivity (Wildman–Crippen MR) is 67.3 cm³/mol. The lowest BCUT2D eigenvalue weighted by Crippen LogP contribution is -2.23. The maximum Gasteiger partial charge on any atom is 0.411 e. The van der Waals surface area contributed by atoms with Crippen LogP contribution in [0, 0.1) is 0 Å². The number of halogens is 3. The summed E-state index contributed by atoms with van der Waals surface area (Å²) in [6.45, 7) is -1.24. The fourth-order valence-corrected chi connectivity index (χ4v) is 2.36. The molecule has 0 radical (unpaired) electrons. The van der Waals surface area contributed by atoms with Crippen LogP contribution in [0.1, 0.15) is 36.0 Å². The fourth-order valence-electron chi connectivity index (χ4n) is 2.36. The van der Waals surface area contributed by atoms with Gasteiger partial charge in [-0.05, 0) is 26.3 Å². The van der Waals surface area contributed by atoms with Gasteiger partial charge in [0.1, 0.15) is 12.4 Å². The molecule has 1 heterocycles. The van der Waals surface area contributed by atoms with Crippen LogP contribution in [-0.4, -0.2) is 36.4 Å². The lowest BCUT2D eigenvalue weighted by atomic mass is 9.92. The van der Waals surface area contributed by atoms with Crippen LogP contribution in [0.25, 0.3) is 0 Å². The lowest BCUT2D eigenvalue weighted by Gasteiger charge is -2.24. The number of aryl methyl sites for hydroxylation is 1. The van der Waals surface area contributed by atoms with Crippen LogP contribution in [0.5, 0.6) is 0 Å². The zero-order chi connectivity index (χ0) is 14.6. The number of rotatable bonds is 5. The summed E-state index contributed by atoms with van der Waals surface area (Å²) < 4.78 is 40.3. The summed E-state index contributed by atoms with van der Waals surface area (Å²) in [6, 6.07) is 0.272. The minimum absolute atomic E-state index is 0.0201. The highest BCUT2D eigenvalue weighted by molar-refractivity contribution is 5.24. The molecule has 0 saturated carbocycles. The Bertz CT molecular complexity index is 451. The number of nitrogens with one attached hydrogen (secondary N) is 1. The number of ether oxygens (including phenoxy) is 1. The summed E-state index contributed by atoms with van der Waals surface area (Å²) in [5.74, 6) is 0.544. The van der Waals surface area contributed by atoms with Gasteiger partial charge in [-0.1, -0.05) is 0 Å². The summed E-state index contributed by atoms with van der Waals surface area (Å²) in [5.41, 5.74) is 2.09. The van der Waals surface area contributed by atoms with Crippen LogP contribution in [0.2, 0.25) is 0 Å². The second-order valence-electron chi connectivity index (χ2n) is 4.84. The highest BCUT2D eigenvalue weighted by Crippen LogP contribution is 2.27. The molecule has 0 amide bonds. The topological polar surface area (TPSA) is 47.0 Å². The molecule has 1 aliphatic rings. The molecular weight excluding hydrogens is 271 g/mol. The van der Waals surface area contributed by atoms with E-state index in [9.17, 15) is 13.2 Å². The van der Waals surface area contributed by atoms with Crippen molar-refractivity contribution in [2.75, 3.05) is 20.3 Å². The van der Waals surface area contributed by atoms with Gasteiger partial charge in [-0.25, -0.2) is 9.97 Å². The second-order valence-corrected chi connectivity index (χ2v) is 4.84. The van der Waals surface area contributed by atoms with E-state index in [1.807, 2.05) is 7.05 Å². The van der Waals surface area contributed by atoms with E-state index in [1.165, 1.54) is 0 Å². The Hall–Kier alpha value is -1.21. The minimum atomic E-state index is -4.28. The quantitative estimate of drug-likeness (QED) is 0.844. The van der Waals surface area contributed by atoms with E-state index in [4.69, 9.17) is 0 Å². The van der Waals surface area contributed by atoms with E-state index in [-0.39, 0.29) is 12.6 Å². The molecule has 0 aromatic carbocycles. The number of alkyl halides is 3. The van der Waals surface area contributed by atoms with Crippen LogP contribution in [-0.2, 0) is 17.6 Å². The molecule has 1 N–H and O–H groups in total. The molecule has 0 spiro atoms. The summed E-state index contributed by atoms with van der Waals surface area (Å²) >= 11 is 0. The van der Waals surface area contributed by atoms with Crippen LogP contribution in [0.15, 0.2) is 6.20 Å². The molecule has 20 heavy (non-hydrogen) atoms. The first-order valence-electron chi connectivity index (χ1n) is 6.66. The van der Waals surface area contributed by atoms with E-state index in [1.54, 1.807) is 6.20 Å². The Morgan fingerprint density at radius 2 is 2.25 bits per heavy atom. The SMILES string of the molecule is CNC1CCCc2nc(CCOCC(F)(F)F)ncc21. The van der Waals surface area contributed by atoms with Crippen LogP contribution in [0.3, 0.4) is 0 Å². The number of hydrogen-bond acceptors (Lipinski definition) is 4. The van der Waals surface area contributed by atoms with Gasteiger partial charge >= 0.3 is 6.18 Å². The highest BCUT2D eigenvalue weighted by atomic mass is 19.4. The molecule has 0 bridgehead atoms. The van der Waals surface area contributed by atoms with E-state index in [2.05, 4.69) is 20.0 Å². The predicted octanol–water partition coefficient (Wildman–Crippen LogP) is 2.19. The highest BCUT2D eigenvalue weighted by Gasteiger charge is 2.27. The molecule has 2 rings (SSSR count). The van der Waals surface area contributed by atoms with Crippen molar-refractivity contribution in [3.63, 3.8) is 0 Å². The maximum absolute atomic E-state index is 11.9. The van der Waals surface area contributed by atoms with E-state index in [0.717, 1.165) is 30.5 Å². The van der Waals surface area contributed by atoms with Gasteiger partial charge in [-0.3, -0.25) is 0 Å². The smallest absolute Gasteiger partial charge is 0.372 e. The molecule has 0 aliphatic heterocycles. The van der Waals surface area contributed by atoms with Gasteiger partial charge < -0.3 is 10.1 Å². The van der Waals surface area contributed by atoms with Crippen molar-refractivity contribution in [2.45, 2.75) is 37.9 Å². The molecule has 112 valence electrons. The molecular formula is C13H18F3N3O. The third kappa shape index (κ3) is 4.14. The molecule has 1 atom stereocenters. The Balaban J connectivity index is 1.91. The van der Waals surface area contributed by atoms with Gasteiger partial charge in [0.05, 0.1) is 6.61 Å². The largest absolute Gasteiger partial charge is 0.411 e. The molecule has 1 aromatic heterocycles. The number of aromatic nitrogens is 2. The summed E-state index contributed by atoms with van der Waals surface area (Å²) in [7, 11) is 1.90. The zero-order valence-electron chi connectivity index (χ0n) is 11.3. The molecule has 1 aliphatic carbocycles. The summed E-state index contributed by atoms with van der Waals surface area (Å²) in [4.78, 5) is 8.64. The number of fused-ring (bicyclic) bond motifs is 1.